The quantitative estimate of drug-likeness (QED) is 0.809. The van der Waals surface area contributed by atoms with E-state index in [1.165, 1.54) is 5.56 Å². The average Bonchev–Trinajstić information content (AvgIpc) is 2.31. The molecule has 0 radical (unpaired) electrons. The van der Waals surface area contributed by atoms with Gasteiger partial charge in [0, 0.05) is 0 Å². The molecular weight excluding hydrogens is 250 g/mol. The topological polar surface area (TPSA) is 38.3 Å². The van der Waals surface area contributed by atoms with Crippen molar-refractivity contribution in [3.63, 3.8) is 0 Å². The van der Waals surface area contributed by atoms with E-state index in [-0.39, 0.29) is 12.0 Å². The van der Waals surface area contributed by atoms with Gasteiger partial charge in [0.05, 0.1) is 6.61 Å². The van der Waals surface area contributed by atoms with Gasteiger partial charge in [-0.1, -0.05) is 31.5 Å². The smallest absolute Gasteiger partial charge is 0.327 e. The second kappa shape index (κ2) is 7.44. The number of benzene rings is 1. The van der Waals surface area contributed by atoms with Crippen LogP contribution in [0.2, 0.25) is 0 Å². The van der Waals surface area contributed by atoms with Crippen molar-refractivity contribution in [3.05, 3.63) is 34.4 Å². The Labute approximate surface area is 122 Å². The molecule has 1 unspecified atom stereocenters. The molecule has 1 N–H and O–H groups in total. The third kappa shape index (κ3) is 4.34. The molecular formula is C17H27NO2. The summed E-state index contributed by atoms with van der Waals surface area (Å²) < 4.78 is 5.23. The second-order valence-electron chi connectivity index (χ2n) is 5.80. The normalized spacial score (nSPS) is 12.6. The van der Waals surface area contributed by atoms with Gasteiger partial charge < -0.3 is 10.1 Å². The molecule has 0 saturated heterocycles. The van der Waals surface area contributed by atoms with E-state index in [0.29, 0.717) is 12.5 Å². The van der Waals surface area contributed by atoms with Gasteiger partial charge in [-0.2, -0.15) is 0 Å². The Morgan fingerprint density at radius 2 is 1.75 bits per heavy atom. The van der Waals surface area contributed by atoms with Crippen molar-refractivity contribution in [3.8, 4) is 0 Å². The summed E-state index contributed by atoms with van der Waals surface area (Å²) in [6.07, 6.45) is 0. The van der Waals surface area contributed by atoms with Gasteiger partial charge in [-0.05, 0) is 56.8 Å². The van der Waals surface area contributed by atoms with E-state index < -0.39 is 0 Å². The van der Waals surface area contributed by atoms with Crippen LogP contribution in [0.4, 0.5) is 0 Å². The van der Waals surface area contributed by atoms with Crippen molar-refractivity contribution in [1.29, 1.82) is 0 Å². The van der Waals surface area contributed by atoms with E-state index in [2.05, 4.69) is 52.1 Å². The highest BCUT2D eigenvalue weighted by molar-refractivity contribution is 5.78. The Balaban J connectivity index is 3.12. The Hall–Kier alpha value is -1.35. The second-order valence-corrected chi connectivity index (χ2v) is 5.80. The lowest BCUT2D eigenvalue weighted by molar-refractivity contribution is -0.145. The summed E-state index contributed by atoms with van der Waals surface area (Å²) in [6, 6.07) is 3.86. The monoisotopic (exact) mass is 277 g/mol. The molecule has 0 aromatic heterocycles. The fourth-order valence-electron chi connectivity index (χ4n) is 2.53. The Morgan fingerprint density at radius 1 is 1.20 bits per heavy atom. The number of aryl methyl sites for hydroxylation is 3. The highest BCUT2D eigenvalue weighted by atomic mass is 16.5. The van der Waals surface area contributed by atoms with Gasteiger partial charge in [0.25, 0.3) is 0 Å². The van der Waals surface area contributed by atoms with Gasteiger partial charge in [0.2, 0.25) is 0 Å². The summed E-state index contributed by atoms with van der Waals surface area (Å²) >= 11 is 0. The summed E-state index contributed by atoms with van der Waals surface area (Å²) in [5, 5.41) is 3.35. The van der Waals surface area contributed by atoms with Crippen LogP contribution in [0, 0.1) is 26.7 Å². The summed E-state index contributed by atoms with van der Waals surface area (Å²) in [5.74, 6) is 0.293. The number of nitrogens with one attached hydrogen (secondary N) is 1. The lowest BCUT2D eigenvalue weighted by Gasteiger charge is -2.23. The van der Waals surface area contributed by atoms with E-state index in [1.807, 2.05) is 6.92 Å². The SMILES string of the molecule is CCOC(=O)C(NCC(C)C)c1c(C)cc(C)cc1C. The first kappa shape index (κ1) is 16.7. The molecule has 0 amide bonds. The van der Waals surface area contributed by atoms with E-state index in [4.69, 9.17) is 4.74 Å². The van der Waals surface area contributed by atoms with Crippen molar-refractivity contribution >= 4 is 5.97 Å². The lowest BCUT2D eigenvalue weighted by Crippen LogP contribution is -2.33. The minimum atomic E-state index is -0.377. The summed E-state index contributed by atoms with van der Waals surface area (Å²) in [7, 11) is 0. The van der Waals surface area contributed by atoms with Crippen molar-refractivity contribution in [2.24, 2.45) is 5.92 Å². The van der Waals surface area contributed by atoms with Crippen LogP contribution in [0.1, 0.15) is 49.1 Å². The molecule has 112 valence electrons. The number of ether oxygens (including phenoxy) is 1. The Morgan fingerprint density at radius 3 is 2.20 bits per heavy atom. The molecule has 1 rings (SSSR count). The average molecular weight is 277 g/mol. The van der Waals surface area contributed by atoms with Crippen LogP contribution in [0.15, 0.2) is 12.1 Å². The van der Waals surface area contributed by atoms with Gasteiger partial charge in [-0.25, -0.2) is 4.79 Å². The zero-order valence-electron chi connectivity index (χ0n) is 13.5. The van der Waals surface area contributed by atoms with Crippen LogP contribution >= 0.6 is 0 Å². The molecule has 0 bridgehead atoms. The summed E-state index contributed by atoms with van der Waals surface area (Å²) in [4.78, 5) is 12.3. The number of esters is 1. The molecule has 3 nitrogen and oxygen atoms in total. The molecule has 1 atom stereocenters. The number of hydrogen-bond donors (Lipinski definition) is 1. The third-order valence-corrected chi connectivity index (χ3v) is 3.28. The Bertz CT molecular complexity index is 443. The lowest BCUT2D eigenvalue weighted by atomic mass is 9.93. The van der Waals surface area contributed by atoms with Gasteiger partial charge in [-0.3, -0.25) is 0 Å². The summed E-state index contributed by atoms with van der Waals surface area (Å²) in [6.45, 7) is 13.5. The zero-order chi connectivity index (χ0) is 15.3. The van der Waals surface area contributed by atoms with Crippen molar-refractivity contribution in [2.45, 2.75) is 47.6 Å². The molecule has 3 heteroatoms. The largest absolute Gasteiger partial charge is 0.465 e. The van der Waals surface area contributed by atoms with Gasteiger partial charge in [-0.15, -0.1) is 0 Å². The summed E-state index contributed by atoms with van der Waals surface area (Å²) in [5.41, 5.74) is 4.54. The van der Waals surface area contributed by atoms with Crippen LogP contribution in [0.5, 0.6) is 0 Å². The van der Waals surface area contributed by atoms with Crippen molar-refractivity contribution in [1.82, 2.24) is 5.32 Å². The fraction of sp³-hybridized carbons (Fsp3) is 0.588. The molecule has 0 aliphatic heterocycles. The van der Waals surface area contributed by atoms with Crippen molar-refractivity contribution < 1.29 is 9.53 Å². The van der Waals surface area contributed by atoms with Crippen molar-refractivity contribution in [2.75, 3.05) is 13.2 Å². The molecule has 0 heterocycles. The van der Waals surface area contributed by atoms with Crippen LogP contribution in [-0.4, -0.2) is 19.1 Å². The van der Waals surface area contributed by atoms with Crippen LogP contribution in [-0.2, 0) is 9.53 Å². The van der Waals surface area contributed by atoms with Gasteiger partial charge >= 0.3 is 5.97 Å². The highest BCUT2D eigenvalue weighted by Gasteiger charge is 2.25. The van der Waals surface area contributed by atoms with Crippen LogP contribution < -0.4 is 5.32 Å². The molecule has 1 aromatic carbocycles. The molecule has 0 saturated carbocycles. The zero-order valence-corrected chi connectivity index (χ0v) is 13.5. The first-order chi connectivity index (χ1) is 9.36. The molecule has 0 aliphatic carbocycles. The number of rotatable bonds is 6. The maximum atomic E-state index is 12.3. The van der Waals surface area contributed by atoms with E-state index in [9.17, 15) is 4.79 Å². The Kier molecular flexibility index (Phi) is 6.21. The number of hydrogen-bond acceptors (Lipinski definition) is 3. The third-order valence-electron chi connectivity index (χ3n) is 3.28. The number of carbonyl (C=O) groups excluding carboxylic acids is 1. The van der Waals surface area contributed by atoms with Crippen LogP contribution in [0.3, 0.4) is 0 Å². The molecule has 0 spiro atoms. The first-order valence-corrected chi connectivity index (χ1v) is 7.34. The fourth-order valence-corrected chi connectivity index (χ4v) is 2.53. The molecule has 0 fully saturated rings. The molecule has 1 aromatic rings. The standard InChI is InChI=1S/C17H27NO2/c1-7-20-17(19)16(18-10-11(2)3)15-13(5)8-12(4)9-14(15)6/h8-9,11,16,18H,7,10H2,1-6H3. The maximum absolute atomic E-state index is 12.3. The van der Waals surface area contributed by atoms with E-state index >= 15 is 0 Å². The molecule has 20 heavy (non-hydrogen) atoms. The first-order valence-electron chi connectivity index (χ1n) is 7.34. The minimum absolute atomic E-state index is 0.191. The van der Waals surface area contributed by atoms with E-state index in [1.54, 1.807) is 0 Å². The van der Waals surface area contributed by atoms with Crippen LogP contribution in [0.25, 0.3) is 0 Å². The van der Waals surface area contributed by atoms with Gasteiger partial charge in [0.1, 0.15) is 6.04 Å². The molecule has 0 aliphatic rings. The highest BCUT2D eigenvalue weighted by Crippen LogP contribution is 2.25. The van der Waals surface area contributed by atoms with E-state index in [0.717, 1.165) is 23.2 Å². The number of carbonyl (C=O) groups is 1. The predicted molar refractivity (Wildman–Crippen MR) is 82.9 cm³/mol. The van der Waals surface area contributed by atoms with Gasteiger partial charge in [0.15, 0.2) is 0 Å². The predicted octanol–water partition coefficient (Wildman–Crippen LogP) is 3.46. The maximum Gasteiger partial charge on any atom is 0.327 e. The minimum Gasteiger partial charge on any atom is -0.465 e.